The first-order chi connectivity index (χ1) is 6.77. The summed E-state index contributed by atoms with van der Waals surface area (Å²) in [6.45, 7) is 0. The summed E-state index contributed by atoms with van der Waals surface area (Å²) in [5.41, 5.74) is 5.40. The average Bonchev–Trinajstić information content (AvgIpc) is 2.71. The van der Waals surface area contributed by atoms with Crippen LogP contribution in [0.3, 0.4) is 0 Å². The van der Waals surface area contributed by atoms with Crippen LogP contribution >= 0.6 is 12.2 Å². The third-order valence-electron chi connectivity index (χ3n) is 1.51. The van der Waals surface area contributed by atoms with Crippen molar-refractivity contribution in [3.05, 3.63) is 30.7 Å². The molecule has 0 aliphatic rings. The van der Waals surface area contributed by atoms with Gasteiger partial charge >= 0.3 is 0 Å². The fraction of sp³-hybridized carbons (Fsp3) is 0. The van der Waals surface area contributed by atoms with Crippen molar-refractivity contribution in [3.8, 4) is 5.82 Å². The van der Waals surface area contributed by atoms with E-state index in [-0.39, 0.29) is 4.99 Å². The molecule has 0 saturated heterocycles. The van der Waals surface area contributed by atoms with Crippen LogP contribution in [0.5, 0.6) is 0 Å². The van der Waals surface area contributed by atoms with E-state index in [2.05, 4.69) is 20.1 Å². The molecule has 0 unspecified atom stereocenters. The summed E-state index contributed by atoms with van der Waals surface area (Å²) in [5.74, 6) is 0.910. The van der Waals surface area contributed by atoms with Gasteiger partial charge in [0.15, 0.2) is 11.6 Å². The lowest BCUT2D eigenvalue weighted by Gasteiger charge is -2.00. The van der Waals surface area contributed by atoms with E-state index in [0.29, 0.717) is 11.6 Å². The SMILES string of the molecule is NC(=S)c1nccc(-n2cncn2)n1. The molecule has 2 N–H and O–H groups in total. The molecule has 70 valence electrons. The van der Waals surface area contributed by atoms with Crippen molar-refractivity contribution in [3.63, 3.8) is 0 Å². The summed E-state index contributed by atoms with van der Waals surface area (Å²) in [6.07, 6.45) is 4.52. The minimum Gasteiger partial charge on any atom is -0.387 e. The first-order valence-electron chi connectivity index (χ1n) is 3.75. The molecule has 2 aromatic heterocycles. The molecule has 2 heterocycles. The van der Waals surface area contributed by atoms with E-state index in [1.54, 1.807) is 12.3 Å². The summed E-state index contributed by atoms with van der Waals surface area (Å²) in [7, 11) is 0. The number of rotatable bonds is 2. The molecule has 0 saturated carbocycles. The van der Waals surface area contributed by atoms with Crippen LogP contribution < -0.4 is 5.73 Å². The van der Waals surface area contributed by atoms with Crippen LogP contribution in [-0.4, -0.2) is 29.7 Å². The fourth-order valence-electron chi connectivity index (χ4n) is 0.922. The molecular weight excluding hydrogens is 200 g/mol. The lowest BCUT2D eigenvalue weighted by molar-refractivity contribution is 0.835. The Bertz CT molecular complexity index is 451. The van der Waals surface area contributed by atoms with Crippen molar-refractivity contribution < 1.29 is 0 Å². The summed E-state index contributed by atoms with van der Waals surface area (Å²) < 4.78 is 1.50. The highest BCUT2D eigenvalue weighted by Gasteiger charge is 2.03. The van der Waals surface area contributed by atoms with Gasteiger partial charge in [-0.05, 0) is 0 Å². The Balaban J connectivity index is 2.46. The molecule has 0 amide bonds. The predicted molar refractivity (Wildman–Crippen MR) is 52.8 cm³/mol. The highest BCUT2D eigenvalue weighted by molar-refractivity contribution is 7.80. The summed E-state index contributed by atoms with van der Waals surface area (Å²) >= 11 is 4.76. The van der Waals surface area contributed by atoms with Crippen molar-refractivity contribution in [1.29, 1.82) is 0 Å². The molecule has 0 bridgehead atoms. The molecule has 0 aliphatic carbocycles. The molecule has 0 radical (unpaired) electrons. The Morgan fingerprint density at radius 1 is 1.50 bits per heavy atom. The highest BCUT2D eigenvalue weighted by atomic mass is 32.1. The summed E-state index contributed by atoms with van der Waals surface area (Å²) in [6, 6.07) is 1.69. The van der Waals surface area contributed by atoms with Gasteiger partial charge in [-0.2, -0.15) is 5.10 Å². The zero-order valence-electron chi connectivity index (χ0n) is 7.03. The topological polar surface area (TPSA) is 82.5 Å². The van der Waals surface area contributed by atoms with E-state index < -0.39 is 0 Å². The molecule has 0 aromatic carbocycles. The van der Waals surface area contributed by atoms with Crippen LogP contribution in [0, 0.1) is 0 Å². The second-order valence-electron chi connectivity index (χ2n) is 2.44. The Morgan fingerprint density at radius 3 is 3.00 bits per heavy atom. The standard InChI is InChI=1S/C7H6N6S/c8-6(14)7-10-2-1-5(12-7)13-4-9-3-11-13/h1-4H,(H2,8,14). The van der Waals surface area contributed by atoms with Gasteiger partial charge in [0, 0.05) is 12.3 Å². The van der Waals surface area contributed by atoms with Crippen LogP contribution in [0.2, 0.25) is 0 Å². The monoisotopic (exact) mass is 206 g/mol. The van der Waals surface area contributed by atoms with E-state index in [4.69, 9.17) is 18.0 Å². The number of thiocarbonyl (C=S) groups is 1. The predicted octanol–water partition coefficient (Wildman–Crippen LogP) is -0.308. The van der Waals surface area contributed by atoms with Crippen LogP contribution in [0.4, 0.5) is 0 Å². The van der Waals surface area contributed by atoms with Crippen LogP contribution in [0.15, 0.2) is 24.9 Å². The number of hydrogen-bond donors (Lipinski definition) is 1. The smallest absolute Gasteiger partial charge is 0.188 e. The third-order valence-corrected chi connectivity index (χ3v) is 1.70. The normalized spacial score (nSPS) is 10.0. The van der Waals surface area contributed by atoms with Crippen molar-refractivity contribution in [1.82, 2.24) is 24.7 Å². The van der Waals surface area contributed by atoms with Crippen molar-refractivity contribution in [2.45, 2.75) is 0 Å². The van der Waals surface area contributed by atoms with E-state index in [1.807, 2.05) is 0 Å². The van der Waals surface area contributed by atoms with Crippen molar-refractivity contribution in [2.75, 3.05) is 0 Å². The molecule has 14 heavy (non-hydrogen) atoms. The van der Waals surface area contributed by atoms with Crippen LogP contribution in [0.25, 0.3) is 5.82 Å². The van der Waals surface area contributed by atoms with E-state index in [0.717, 1.165) is 0 Å². The van der Waals surface area contributed by atoms with Gasteiger partial charge < -0.3 is 5.73 Å². The number of nitrogens with zero attached hydrogens (tertiary/aromatic N) is 5. The van der Waals surface area contributed by atoms with Gasteiger partial charge in [-0.25, -0.2) is 19.6 Å². The molecule has 2 rings (SSSR count). The molecule has 0 fully saturated rings. The second-order valence-corrected chi connectivity index (χ2v) is 2.88. The molecular formula is C7H6N6S. The van der Waals surface area contributed by atoms with Gasteiger partial charge in [-0.1, -0.05) is 12.2 Å². The van der Waals surface area contributed by atoms with Gasteiger partial charge in [0.25, 0.3) is 0 Å². The van der Waals surface area contributed by atoms with Crippen molar-refractivity contribution >= 4 is 17.2 Å². The van der Waals surface area contributed by atoms with Crippen LogP contribution in [0.1, 0.15) is 5.82 Å². The lowest BCUT2D eigenvalue weighted by Crippen LogP contribution is -2.15. The Hall–Kier alpha value is -1.89. The average molecular weight is 206 g/mol. The maximum absolute atomic E-state index is 5.40. The Kier molecular flexibility index (Phi) is 2.15. The lowest BCUT2D eigenvalue weighted by atomic mass is 10.5. The maximum Gasteiger partial charge on any atom is 0.188 e. The third kappa shape index (κ3) is 1.57. The van der Waals surface area contributed by atoms with Gasteiger partial charge in [-0.3, -0.25) is 0 Å². The van der Waals surface area contributed by atoms with Gasteiger partial charge in [0.05, 0.1) is 0 Å². The number of aromatic nitrogens is 5. The Morgan fingerprint density at radius 2 is 2.36 bits per heavy atom. The van der Waals surface area contributed by atoms with Gasteiger partial charge in [0.2, 0.25) is 0 Å². The largest absolute Gasteiger partial charge is 0.387 e. The summed E-state index contributed by atoms with van der Waals surface area (Å²) in [4.78, 5) is 12.0. The minimum atomic E-state index is 0.159. The number of hydrogen-bond acceptors (Lipinski definition) is 5. The van der Waals surface area contributed by atoms with E-state index in [9.17, 15) is 0 Å². The van der Waals surface area contributed by atoms with Crippen molar-refractivity contribution in [2.24, 2.45) is 5.73 Å². The maximum atomic E-state index is 5.40. The minimum absolute atomic E-state index is 0.159. The highest BCUT2D eigenvalue weighted by Crippen LogP contribution is 2.00. The fourth-order valence-corrected chi connectivity index (χ4v) is 1.02. The van der Waals surface area contributed by atoms with Gasteiger partial charge in [0.1, 0.15) is 17.6 Å². The molecule has 2 aromatic rings. The molecule has 0 aliphatic heterocycles. The number of nitrogens with two attached hydrogens (primary N) is 1. The van der Waals surface area contributed by atoms with E-state index in [1.165, 1.54) is 17.3 Å². The van der Waals surface area contributed by atoms with Crippen LogP contribution in [-0.2, 0) is 0 Å². The van der Waals surface area contributed by atoms with Gasteiger partial charge in [-0.15, -0.1) is 0 Å². The zero-order valence-corrected chi connectivity index (χ0v) is 7.85. The first kappa shape index (κ1) is 8.70. The summed E-state index contributed by atoms with van der Waals surface area (Å²) in [5, 5.41) is 3.92. The Labute approximate surface area is 84.8 Å². The quantitative estimate of drug-likeness (QED) is 0.679. The first-order valence-corrected chi connectivity index (χ1v) is 4.16. The van der Waals surface area contributed by atoms with E-state index >= 15 is 0 Å². The zero-order chi connectivity index (χ0) is 9.97. The second kappa shape index (κ2) is 3.46. The molecule has 0 atom stereocenters. The molecule has 7 heteroatoms. The molecule has 6 nitrogen and oxygen atoms in total. The molecule has 0 spiro atoms.